The van der Waals surface area contributed by atoms with Crippen molar-refractivity contribution in [2.75, 3.05) is 47.0 Å². The summed E-state index contributed by atoms with van der Waals surface area (Å²) in [5.74, 6) is -2.55. The number of carboxylic acids is 1. The largest absolute Gasteiger partial charge is 0.490 e. The number of fused-ring (bicyclic) bond motifs is 1. The van der Waals surface area contributed by atoms with Crippen LogP contribution in [0, 0.1) is 5.92 Å². The molecule has 0 spiro atoms. The number of ether oxygens (including phenoxy) is 2. The van der Waals surface area contributed by atoms with Crippen molar-refractivity contribution in [3.05, 3.63) is 30.3 Å². The number of methoxy groups -OCH3 is 2. The van der Waals surface area contributed by atoms with Crippen LogP contribution in [0.4, 0.5) is 13.2 Å². The van der Waals surface area contributed by atoms with Gasteiger partial charge in [0, 0.05) is 52.4 Å². The van der Waals surface area contributed by atoms with Gasteiger partial charge in [0.2, 0.25) is 10.0 Å². The first-order chi connectivity index (χ1) is 14.5. The molecule has 2 aliphatic rings. The van der Waals surface area contributed by atoms with E-state index < -0.39 is 22.2 Å². The van der Waals surface area contributed by atoms with Crippen molar-refractivity contribution in [3.8, 4) is 0 Å². The summed E-state index contributed by atoms with van der Waals surface area (Å²) in [5, 5.41) is 7.12. The number of sulfonamides is 1. The van der Waals surface area contributed by atoms with Gasteiger partial charge in [-0.1, -0.05) is 18.2 Å². The Bertz CT molecular complexity index is 822. The third kappa shape index (κ3) is 6.39. The standard InChI is InChI=1S/C17H26N2O4S.C2HF3O2/c1-22-11-10-18-12-15-16(13-18)19(9-8-17(15)23-2)24(20,21)14-6-4-3-5-7-14;3-2(4,5)1(6)7/h3-7,15-17H,8-13H2,1-2H3;(H,6,7)/t15-,16+,17+;/m0./s1. The molecule has 176 valence electrons. The van der Waals surface area contributed by atoms with Gasteiger partial charge in [-0.3, -0.25) is 4.90 Å². The molecule has 3 atom stereocenters. The average Bonchev–Trinajstić information content (AvgIpc) is 3.15. The van der Waals surface area contributed by atoms with Crippen LogP contribution in [-0.2, 0) is 24.3 Å². The molecule has 0 unspecified atom stereocenters. The fraction of sp³-hybridized carbons (Fsp3) is 0.632. The molecule has 3 rings (SSSR count). The van der Waals surface area contributed by atoms with Crippen molar-refractivity contribution in [2.24, 2.45) is 5.92 Å². The Hall–Kier alpha value is -1.73. The van der Waals surface area contributed by atoms with Crippen LogP contribution in [0.3, 0.4) is 0 Å². The summed E-state index contributed by atoms with van der Waals surface area (Å²) in [7, 11) is -0.0611. The Kier molecular flexibility index (Phi) is 8.83. The second-order valence-electron chi connectivity index (χ2n) is 7.28. The lowest BCUT2D eigenvalue weighted by Gasteiger charge is -2.40. The lowest BCUT2D eigenvalue weighted by Crippen LogP contribution is -2.53. The quantitative estimate of drug-likeness (QED) is 0.679. The van der Waals surface area contributed by atoms with Crippen LogP contribution >= 0.6 is 0 Å². The smallest absolute Gasteiger partial charge is 0.475 e. The molecule has 0 bridgehead atoms. The zero-order valence-corrected chi connectivity index (χ0v) is 18.1. The third-order valence-corrected chi connectivity index (χ3v) is 7.34. The summed E-state index contributed by atoms with van der Waals surface area (Å²) in [6.45, 7) is 3.57. The number of benzene rings is 1. The number of hydrogen-bond donors (Lipinski definition) is 1. The molecule has 2 aliphatic heterocycles. The van der Waals surface area contributed by atoms with Gasteiger partial charge >= 0.3 is 12.1 Å². The molecule has 31 heavy (non-hydrogen) atoms. The highest BCUT2D eigenvalue weighted by Crippen LogP contribution is 2.35. The highest BCUT2D eigenvalue weighted by molar-refractivity contribution is 7.89. The first-order valence-electron chi connectivity index (χ1n) is 9.63. The number of piperidine rings is 1. The number of carboxylic acid groups (broad SMARTS) is 1. The summed E-state index contributed by atoms with van der Waals surface area (Å²) in [5.41, 5.74) is 0. The summed E-state index contributed by atoms with van der Waals surface area (Å²) in [6.07, 6.45) is -4.23. The van der Waals surface area contributed by atoms with Crippen LogP contribution in [0.15, 0.2) is 35.2 Å². The van der Waals surface area contributed by atoms with E-state index in [-0.39, 0.29) is 18.1 Å². The highest BCUT2D eigenvalue weighted by Gasteiger charge is 2.48. The van der Waals surface area contributed by atoms with Crippen molar-refractivity contribution in [1.29, 1.82) is 0 Å². The fourth-order valence-corrected chi connectivity index (χ4v) is 5.62. The SMILES string of the molecule is COCCN1C[C@H]2[C@@H](C1)N(S(=O)(=O)c1ccccc1)CC[C@H]2OC.O=C(O)C(F)(F)F. The highest BCUT2D eigenvalue weighted by atomic mass is 32.2. The molecule has 0 aliphatic carbocycles. The molecule has 1 aromatic rings. The van der Waals surface area contributed by atoms with Crippen molar-refractivity contribution in [2.45, 2.75) is 29.6 Å². The normalized spacial score (nSPS) is 24.9. The summed E-state index contributed by atoms with van der Waals surface area (Å²) in [6, 6.07) is 8.68. The number of nitrogens with zero attached hydrogens (tertiary/aromatic N) is 2. The lowest BCUT2D eigenvalue weighted by molar-refractivity contribution is -0.192. The van der Waals surface area contributed by atoms with E-state index >= 15 is 0 Å². The number of likely N-dealkylation sites (tertiary alicyclic amines) is 1. The third-order valence-electron chi connectivity index (χ3n) is 5.40. The van der Waals surface area contributed by atoms with E-state index in [1.165, 1.54) is 0 Å². The number of hydrogen-bond acceptors (Lipinski definition) is 6. The minimum absolute atomic E-state index is 0.0363. The lowest BCUT2D eigenvalue weighted by atomic mass is 9.91. The zero-order chi connectivity index (χ0) is 23.2. The maximum Gasteiger partial charge on any atom is 0.490 e. The summed E-state index contributed by atoms with van der Waals surface area (Å²) in [4.78, 5) is 11.5. The Morgan fingerprint density at radius 3 is 2.32 bits per heavy atom. The van der Waals surface area contributed by atoms with Gasteiger partial charge in [0.1, 0.15) is 0 Å². The maximum atomic E-state index is 13.1. The monoisotopic (exact) mass is 468 g/mol. The van der Waals surface area contributed by atoms with E-state index in [9.17, 15) is 21.6 Å². The Labute approximate surface area is 179 Å². The molecule has 0 saturated carbocycles. The fourth-order valence-electron chi connectivity index (χ4n) is 3.92. The number of aliphatic carboxylic acids is 1. The molecule has 2 fully saturated rings. The van der Waals surface area contributed by atoms with Crippen molar-refractivity contribution >= 4 is 16.0 Å². The average molecular weight is 468 g/mol. The number of carbonyl (C=O) groups is 1. The van der Waals surface area contributed by atoms with E-state index in [4.69, 9.17) is 19.4 Å². The van der Waals surface area contributed by atoms with Crippen LogP contribution < -0.4 is 0 Å². The van der Waals surface area contributed by atoms with E-state index in [0.717, 1.165) is 26.1 Å². The molecular formula is C19H27F3N2O6S. The minimum Gasteiger partial charge on any atom is -0.475 e. The molecule has 0 amide bonds. The second-order valence-corrected chi connectivity index (χ2v) is 9.17. The zero-order valence-electron chi connectivity index (χ0n) is 17.3. The Morgan fingerprint density at radius 2 is 1.81 bits per heavy atom. The van der Waals surface area contributed by atoms with Gasteiger partial charge in [-0.05, 0) is 18.6 Å². The van der Waals surface area contributed by atoms with Gasteiger partial charge in [0.05, 0.1) is 17.6 Å². The van der Waals surface area contributed by atoms with Gasteiger partial charge in [-0.25, -0.2) is 13.2 Å². The molecule has 2 saturated heterocycles. The first-order valence-corrected chi connectivity index (χ1v) is 11.1. The Morgan fingerprint density at radius 1 is 1.19 bits per heavy atom. The van der Waals surface area contributed by atoms with Crippen molar-refractivity contribution in [3.63, 3.8) is 0 Å². The summed E-state index contributed by atoms with van der Waals surface area (Å²) >= 11 is 0. The van der Waals surface area contributed by atoms with Crippen molar-refractivity contribution < 1.29 is 41.0 Å². The van der Waals surface area contributed by atoms with Crippen molar-refractivity contribution in [1.82, 2.24) is 9.21 Å². The molecule has 8 nitrogen and oxygen atoms in total. The van der Waals surface area contributed by atoms with E-state index in [2.05, 4.69) is 4.90 Å². The van der Waals surface area contributed by atoms with Gasteiger partial charge in [0.25, 0.3) is 0 Å². The van der Waals surface area contributed by atoms with E-state index in [1.807, 2.05) is 6.07 Å². The molecule has 12 heteroatoms. The molecule has 1 N–H and O–H groups in total. The van der Waals surface area contributed by atoms with Gasteiger partial charge in [-0.15, -0.1) is 0 Å². The van der Waals surface area contributed by atoms with Crippen LogP contribution in [0.5, 0.6) is 0 Å². The van der Waals surface area contributed by atoms with Crippen LogP contribution in [0.25, 0.3) is 0 Å². The van der Waals surface area contributed by atoms with Gasteiger partial charge in [0.15, 0.2) is 0 Å². The van der Waals surface area contributed by atoms with Crippen LogP contribution in [0.1, 0.15) is 6.42 Å². The number of rotatable bonds is 6. The van der Waals surface area contributed by atoms with Crippen LogP contribution in [0.2, 0.25) is 0 Å². The topological polar surface area (TPSA) is 96.4 Å². The van der Waals surface area contributed by atoms with E-state index in [1.54, 1.807) is 42.8 Å². The van der Waals surface area contributed by atoms with Gasteiger partial charge < -0.3 is 14.6 Å². The second kappa shape index (κ2) is 10.7. The van der Waals surface area contributed by atoms with E-state index in [0.29, 0.717) is 18.0 Å². The van der Waals surface area contributed by atoms with Gasteiger partial charge in [-0.2, -0.15) is 17.5 Å². The Balaban J connectivity index is 0.000000423. The minimum atomic E-state index is -5.08. The molecule has 0 aromatic heterocycles. The van der Waals surface area contributed by atoms with Crippen LogP contribution in [-0.4, -0.2) is 94.0 Å². The predicted octanol–water partition coefficient (Wildman–Crippen LogP) is 1.68. The predicted molar refractivity (Wildman–Crippen MR) is 105 cm³/mol. The molecule has 1 aromatic carbocycles. The molecule has 2 heterocycles. The number of alkyl halides is 3. The number of halogens is 3. The molecule has 0 radical (unpaired) electrons. The maximum absolute atomic E-state index is 13.1. The summed E-state index contributed by atoms with van der Waals surface area (Å²) < 4.78 is 70.4. The molecular weight excluding hydrogens is 441 g/mol. The first kappa shape index (κ1) is 25.5.